The first-order chi connectivity index (χ1) is 17.0. The van der Waals surface area contributed by atoms with Gasteiger partial charge in [-0.2, -0.15) is 5.10 Å². The highest BCUT2D eigenvalue weighted by atomic mass is 32.1. The number of ether oxygens (including phenoxy) is 2. The molecule has 0 aliphatic rings. The second-order valence-electron chi connectivity index (χ2n) is 8.03. The van der Waals surface area contributed by atoms with Crippen LogP contribution in [-0.2, 0) is 11.3 Å². The van der Waals surface area contributed by atoms with E-state index in [4.69, 9.17) is 21.7 Å². The molecule has 1 amide bonds. The fourth-order valence-electron chi connectivity index (χ4n) is 4.10. The van der Waals surface area contributed by atoms with Gasteiger partial charge in [0.15, 0.2) is 10.6 Å². The Hall–Kier alpha value is -3.17. The Morgan fingerprint density at radius 1 is 1.14 bits per heavy atom. The summed E-state index contributed by atoms with van der Waals surface area (Å²) in [6.07, 6.45) is 0.293. The van der Waals surface area contributed by atoms with E-state index in [1.54, 1.807) is 7.11 Å². The van der Waals surface area contributed by atoms with Gasteiger partial charge >= 0.3 is 0 Å². The number of hydrogen-bond donors (Lipinski definition) is 2. The minimum atomic E-state index is -0.0363. The first-order valence-electron chi connectivity index (χ1n) is 12.0. The fourth-order valence-corrected chi connectivity index (χ4v) is 4.32. The van der Waals surface area contributed by atoms with Crippen LogP contribution < -0.4 is 14.8 Å². The number of aromatic nitrogens is 3. The number of carbonyl (C=O) groups is 1. The average Bonchev–Trinajstić information content (AvgIpc) is 3.26. The highest BCUT2D eigenvalue weighted by Gasteiger charge is 2.20. The standard InChI is InChI=1S/C26H35N5O3S/c1-5-30(6-2)23(20-9-8-10-22(17-20)33-4)18-27-24(32)15-16-31-25(28-29-26(31)35)19-11-13-21(14-12-19)34-7-3/h8-14,17,23H,5-7,15-16,18H2,1-4H3,(H,27,32)(H,29,35). The van der Waals surface area contributed by atoms with Crippen LogP contribution in [0.1, 0.15) is 38.8 Å². The molecule has 188 valence electrons. The molecule has 0 saturated carbocycles. The van der Waals surface area contributed by atoms with Crippen LogP contribution in [0.4, 0.5) is 0 Å². The molecule has 0 saturated heterocycles. The summed E-state index contributed by atoms with van der Waals surface area (Å²) in [5.41, 5.74) is 2.02. The van der Waals surface area contributed by atoms with E-state index in [1.807, 2.05) is 54.0 Å². The van der Waals surface area contributed by atoms with Crippen molar-refractivity contribution in [2.45, 2.75) is 39.8 Å². The lowest BCUT2D eigenvalue weighted by atomic mass is 10.0. The summed E-state index contributed by atoms with van der Waals surface area (Å²) in [5, 5.41) is 10.3. The van der Waals surface area contributed by atoms with E-state index in [2.05, 4.69) is 40.3 Å². The van der Waals surface area contributed by atoms with Gasteiger partial charge in [0, 0.05) is 25.1 Å². The minimum absolute atomic E-state index is 0.0363. The summed E-state index contributed by atoms with van der Waals surface area (Å²) in [4.78, 5) is 15.1. The molecule has 0 bridgehead atoms. The van der Waals surface area contributed by atoms with Crippen molar-refractivity contribution in [2.75, 3.05) is 33.4 Å². The molecule has 0 aliphatic heterocycles. The molecule has 1 atom stereocenters. The number of carbonyl (C=O) groups excluding carboxylic acids is 1. The Bertz CT molecular complexity index is 1140. The molecular formula is C26H35N5O3S. The molecule has 1 heterocycles. The maximum Gasteiger partial charge on any atom is 0.221 e. The van der Waals surface area contributed by atoms with Gasteiger partial charge in [0.25, 0.3) is 0 Å². The van der Waals surface area contributed by atoms with Crippen LogP contribution in [-0.4, -0.2) is 58.9 Å². The van der Waals surface area contributed by atoms with Crippen LogP contribution >= 0.6 is 12.2 Å². The molecule has 0 fully saturated rings. The molecule has 35 heavy (non-hydrogen) atoms. The van der Waals surface area contributed by atoms with Crippen LogP contribution in [0.25, 0.3) is 11.4 Å². The first-order valence-corrected chi connectivity index (χ1v) is 12.4. The number of aromatic amines is 1. The van der Waals surface area contributed by atoms with E-state index < -0.39 is 0 Å². The first kappa shape index (κ1) is 26.4. The summed E-state index contributed by atoms with van der Waals surface area (Å²) in [5.74, 6) is 2.27. The topological polar surface area (TPSA) is 84.4 Å². The fraction of sp³-hybridized carbons (Fsp3) is 0.423. The number of likely N-dealkylation sites (N-methyl/N-ethyl adjacent to an activating group) is 1. The summed E-state index contributed by atoms with van der Waals surface area (Å²) in [6.45, 7) is 9.51. The lowest BCUT2D eigenvalue weighted by Gasteiger charge is -2.30. The normalized spacial score (nSPS) is 11.9. The number of hydrogen-bond acceptors (Lipinski definition) is 6. The van der Waals surface area contributed by atoms with Gasteiger partial charge in [0.1, 0.15) is 11.5 Å². The van der Waals surface area contributed by atoms with E-state index in [-0.39, 0.29) is 11.9 Å². The maximum atomic E-state index is 12.8. The SMILES string of the molecule is CCOc1ccc(-c2n[nH]c(=S)n2CCC(=O)NCC(c2cccc(OC)c2)N(CC)CC)cc1. The average molecular weight is 498 g/mol. The summed E-state index contributed by atoms with van der Waals surface area (Å²) >= 11 is 5.42. The predicted molar refractivity (Wildman–Crippen MR) is 140 cm³/mol. The van der Waals surface area contributed by atoms with E-state index >= 15 is 0 Å². The van der Waals surface area contributed by atoms with Crippen LogP contribution in [0.2, 0.25) is 0 Å². The van der Waals surface area contributed by atoms with E-state index in [0.717, 1.165) is 35.7 Å². The van der Waals surface area contributed by atoms with Gasteiger partial charge in [-0.3, -0.25) is 19.4 Å². The zero-order valence-electron chi connectivity index (χ0n) is 20.9. The van der Waals surface area contributed by atoms with Gasteiger partial charge < -0.3 is 14.8 Å². The van der Waals surface area contributed by atoms with E-state index in [0.29, 0.717) is 36.7 Å². The lowest BCUT2D eigenvalue weighted by Crippen LogP contribution is -2.38. The number of benzene rings is 2. The zero-order chi connectivity index (χ0) is 25.2. The monoisotopic (exact) mass is 497 g/mol. The summed E-state index contributed by atoms with van der Waals surface area (Å²) < 4.78 is 13.3. The van der Waals surface area contributed by atoms with Crippen molar-refractivity contribution in [1.29, 1.82) is 0 Å². The number of methoxy groups -OCH3 is 1. The van der Waals surface area contributed by atoms with Crippen LogP contribution in [0, 0.1) is 4.77 Å². The van der Waals surface area contributed by atoms with Crippen LogP contribution in [0.5, 0.6) is 11.5 Å². The third-order valence-electron chi connectivity index (χ3n) is 5.97. The number of rotatable bonds is 13. The van der Waals surface area contributed by atoms with Gasteiger partial charge in [0.05, 0.1) is 19.8 Å². The molecular weight excluding hydrogens is 462 g/mol. The molecule has 0 aliphatic carbocycles. The van der Waals surface area contributed by atoms with Gasteiger partial charge in [-0.15, -0.1) is 0 Å². The van der Waals surface area contributed by atoms with E-state index in [9.17, 15) is 4.79 Å². The Kier molecular flexibility index (Phi) is 9.86. The maximum absolute atomic E-state index is 12.8. The van der Waals surface area contributed by atoms with Crippen molar-refractivity contribution in [3.8, 4) is 22.9 Å². The molecule has 8 nitrogen and oxygen atoms in total. The second-order valence-corrected chi connectivity index (χ2v) is 8.42. The number of nitrogens with zero attached hydrogens (tertiary/aromatic N) is 3. The predicted octanol–water partition coefficient (Wildman–Crippen LogP) is 4.60. The summed E-state index contributed by atoms with van der Waals surface area (Å²) in [7, 11) is 1.66. The van der Waals surface area contributed by atoms with Crippen LogP contribution in [0.3, 0.4) is 0 Å². The Morgan fingerprint density at radius 2 is 1.89 bits per heavy atom. The van der Waals surface area contributed by atoms with Crippen molar-refractivity contribution < 1.29 is 14.3 Å². The minimum Gasteiger partial charge on any atom is -0.497 e. The van der Waals surface area contributed by atoms with Crippen molar-refractivity contribution in [3.63, 3.8) is 0 Å². The molecule has 9 heteroatoms. The smallest absolute Gasteiger partial charge is 0.221 e. The van der Waals surface area contributed by atoms with Gasteiger partial charge in [-0.05, 0) is 74.2 Å². The van der Waals surface area contributed by atoms with Crippen molar-refractivity contribution in [3.05, 3.63) is 58.9 Å². The molecule has 0 spiro atoms. The summed E-state index contributed by atoms with van der Waals surface area (Å²) in [6, 6.07) is 15.8. The Balaban J connectivity index is 1.66. The lowest BCUT2D eigenvalue weighted by molar-refractivity contribution is -0.121. The Labute approximate surface area is 212 Å². The second kappa shape index (κ2) is 13.1. The van der Waals surface area contributed by atoms with Crippen molar-refractivity contribution in [2.24, 2.45) is 0 Å². The van der Waals surface area contributed by atoms with Crippen LogP contribution in [0.15, 0.2) is 48.5 Å². The number of amides is 1. The molecule has 3 rings (SSSR count). The quantitative estimate of drug-likeness (QED) is 0.336. The van der Waals surface area contributed by atoms with E-state index in [1.165, 1.54) is 0 Å². The van der Waals surface area contributed by atoms with Gasteiger partial charge in [0.2, 0.25) is 5.91 Å². The highest BCUT2D eigenvalue weighted by Crippen LogP contribution is 2.24. The van der Waals surface area contributed by atoms with Gasteiger partial charge in [-0.25, -0.2) is 0 Å². The Morgan fingerprint density at radius 3 is 2.54 bits per heavy atom. The van der Waals surface area contributed by atoms with Crippen molar-refractivity contribution in [1.82, 2.24) is 25.0 Å². The molecule has 2 aromatic carbocycles. The molecule has 0 radical (unpaired) electrons. The van der Waals surface area contributed by atoms with Crippen molar-refractivity contribution >= 4 is 18.1 Å². The molecule has 3 aromatic rings. The molecule has 2 N–H and O–H groups in total. The molecule has 1 aromatic heterocycles. The zero-order valence-corrected chi connectivity index (χ0v) is 21.7. The highest BCUT2D eigenvalue weighted by molar-refractivity contribution is 7.71. The van der Waals surface area contributed by atoms with Gasteiger partial charge in [-0.1, -0.05) is 26.0 Å². The molecule has 1 unspecified atom stereocenters. The number of H-pyrrole nitrogens is 1. The number of nitrogens with one attached hydrogen (secondary N) is 2. The third-order valence-corrected chi connectivity index (χ3v) is 6.28. The third kappa shape index (κ3) is 6.93. The largest absolute Gasteiger partial charge is 0.497 e.